The molecule has 0 aliphatic heterocycles. The Morgan fingerprint density at radius 1 is 1.15 bits per heavy atom. The smallest absolute Gasteiger partial charge is 0.336 e. The third-order valence-electron chi connectivity index (χ3n) is 2.71. The molecule has 2 aromatic rings. The topological polar surface area (TPSA) is 97.5 Å². The lowest BCUT2D eigenvalue weighted by Crippen LogP contribution is -2.13. The molecule has 0 unspecified atom stereocenters. The van der Waals surface area contributed by atoms with Crippen molar-refractivity contribution >= 4 is 27.6 Å². The predicted octanol–water partition coefficient (Wildman–Crippen LogP) is 2.35. The minimum Gasteiger partial charge on any atom is -0.478 e. The molecule has 0 amide bonds. The van der Waals surface area contributed by atoms with Gasteiger partial charge < -0.3 is 5.11 Å². The van der Waals surface area contributed by atoms with E-state index in [9.17, 15) is 13.2 Å². The van der Waals surface area contributed by atoms with Crippen LogP contribution in [0, 0.1) is 0 Å². The van der Waals surface area contributed by atoms with Crippen LogP contribution < -0.4 is 5.14 Å². The zero-order chi connectivity index (χ0) is 14.9. The van der Waals surface area contributed by atoms with Gasteiger partial charge in [0.1, 0.15) is 4.90 Å². The number of halogens is 1. The molecule has 0 bridgehead atoms. The third-order valence-corrected chi connectivity index (χ3v) is 4.10. The van der Waals surface area contributed by atoms with Crippen molar-refractivity contribution in [3.05, 3.63) is 53.1 Å². The fraction of sp³-hybridized carbons (Fsp3) is 0. The van der Waals surface area contributed by atoms with Crippen molar-refractivity contribution in [2.24, 2.45) is 5.14 Å². The Balaban J connectivity index is 2.70. The Morgan fingerprint density at radius 3 is 2.40 bits per heavy atom. The molecule has 0 aliphatic rings. The summed E-state index contributed by atoms with van der Waals surface area (Å²) in [5.41, 5.74) is 0.869. The molecule has 3 N–H and O–H groups in total. The van der Waals surface area contributed by atoms with Crippen LogP contribution >= 0.6 is 11.6 Å². The summed E-state index contributed by atoms with van der Waals surface area (Å²) in [5.74, 6) is -1.10. The second-order valence-electron chi connectivity index (χ2n) is 4.04. The normalized spacial score (nSPS) is 11.3. The fourth-order valence-corrected chi connectivity index (χ4v) is 2.88. The molecule has 0 saturated heterocycles. The molecular formula is C13H10ClNO4S. The number of benzene rings is 2. The summed E-state index contributed by atoms with van der Waals surface area (Å²) in [7, 11) is -3.98. The quantitative estimate of drug-likeness (QED) is 0.909. The molecule has 7 heteroatoms. The van der Waals surface area contributed by atoms with E-state index in [1.807, 2.05) is 0 Å². The van der Waals surface area contributed by atoms with Crippen LogP contribution in [-0.4, -0.2) is 19.5 Å². The lowest BCUT2D eigenvalue weighted by Gasteiger charge is -2.09. The number of sulfonamides is 1. The Labute approximate surface area is 120 Å². The standard InChI is InChI=1S/C13H10ClNO4S/c14-11-6-5-8(7-12(11)20(15,18)19)9-3-1-2-4-10(9)13(16)17/h1-7H,(H,16,17)(H2,15,18,19). The van der Waals surface area contributed by atoms with E-state index >= 15 is 0 Å². The summed E-state index contributed by atoms with van der Waals surface area (Å²) in [4.78, 5) is 10.9. The summed E-state index contributed by atoms with van der Waals surface area (Å²) in [6.07, 6.45) is 0. The highest BCUT2D eigenvalue weighted by molar-refractivity contribution is 7.89. The molecule has 0 aromatic heterocycles. The van der Waals surface area contributed by atoms with E-state index in [1.54, 1.807) is 24.3 Å². The van der Waals surface area contributed by atoms with E-state index in [-0.39, 0.29) is 15.5 Å². The summed E-state index contributed by atoms with van der Waals surface area (Å²) in [6.45, 7) is 0. The van der Waals surface area contributed by atoms with Gasteiger partial charge in [0, 0.05) is 0 Å². The maximum absolute atomic E-state index is 11.4. The Kier molecular flexibility index (Phi) is 3.80. The maximum atomic E-state index is 11.4. The van der Waals surface area contributed by atoms with E-state index < -0.39 is 16.0 Å². The number of carboxylic acid groups (broad SMARTS) is 1. The number of nitrogens with two attached hydrogens (primary N) is 1. The third kappa shape index (κ3) is 2.82. The van der Waals surface area contributed by atoms with Gasteiger partial charge >= 0.3 is 5.97 Å². The summed E-state index contributed by atoms with van der Waals surface area (Å²) >= 11 is 5.80. The molecule has 0 atom stereocenters. The maximum Gasteiger partial charge on any atom is 0.336 e. The van der Waals surface area contributed by atoms with Crippen molar-refractivity contribution in [2.45, 2.75) is 4.90 Å². The van der Waals surface area contributed by atoms with Crippen LogP contribution in [0.3, 0.4) is 0 Å². The number of primary sulfonamides is 1. The number of carbonyl (C=O) groups is 1. The van der Waals surface area contributed by atoms with Gasteiger partial charge in [0.2, 0.25) is 10.0 Å². The van der Waals surface area contributed by atoms with Gasteiger partial charge in [-0.05, 0) is 29.3 Å². The van der Waals surface area contributed by atoms with E-state index in [1.165, 1.54) is 18.2 Å². The van der Waals surface area contributed by atoms with Crippen molar-refractivity contribution in [3.63, 3.8) is 0 Å². The first-order valence-corrected chi connectivity index (χ1v) is 7.38. The SMILES string of the molecule is NS(=O)(=O)c1cc(-c2ccccc2C(=O)O)ccc1Cl. The van der Waals surface area contributed by atoms with Crippen LogP contribution in [0.25, 0.3) is 11.1 Å². The summed E-state index contributed by atoms with van der Waals surface area (Å²) < 4.78 is 22.9. The van der Waals surface area contributed by atoms with Gasteiger partial charge in [-0.25, -0.2) is 18.4 Å². The van der Waals surface area contributed by atoms with Crippen LogP contribution in [0.4, 0.5) is 0 Å². The molecule has 0 spiro atoms. The molecule has 2 aromatic carbocycles. The first kappa shape index (κ1) is 14.5. The highest BCUT2D eigenvalue weighted by atomic mass is 35.5. The van der Waals surface area contributed by atoms with Crippen molar-refractivity contribution < 1.29 is 18.3 Å². The lowest BCUT2D eigenvalue weighted by molar-refractivity contribution is 0.0697. The number of rotatable bonds is 3. The fourth-order valence-electron chi connectivity index (χ4n) is 1.81. The Bertz CT molecular complexity index is 787. The summed E-state index contributed by atoms with van der Waals surface area (Å²) in [5, 5.41) is 14.2. The molecule has 2 rings (SSSR count). The van der Waals surface area contributed by atoms with Gasteiger partial charge in [-0.1, -0.05) is 35.9 Å². The van der Waals surface area contributed by atoms with Gasteiger partial charge in [0.25, 0.3) is 0 Å². The lowest BCUT2D eigenvalue weighted by atomic mass is 10.00. The highest BCUT2D eigenvalue weighted by Gasteiger charge is 2.16. The average molecular weight is 312 g/mol. The molecule has 5 nitrogen and oxygen atoms in total. The zero-order valence-corrected chi connectivity index (χ0v) is 11.6. The monoisotopic (exact) mass is 311 g/mol. The predicted molar refractivity (Wildman–Crippen MR) is 75.2 cm³/mol. The number of hydrogen-bond donors (Lipinski definition) is 2. The first-order chi connectivity index (χ1) is 9.30. The van der Waals surface area contributed by atoms with Gasteiger partial charge in [0.05, 0.1) is 10.6 Å². The largest absolute Gasteiger partial charge is 0.478 e. The van der Waals surface area contributed by atoms with E-state index in [0.29, 0.717) is 11.1 Å². The number of aromatic carboxylic acids is 1. The van der Waals surface area contributed by atoms with Gasteiger partial charge in [-0.3, -0.25) is 0 Å². The van der Waals surface area contributed by atoms with Crippen molar-refractivity contribution in [3.8, 4) is 11.1 Å². The summed E-state index contributed by atoms with van der Waals surface area (Å²) in [6, 6.07) is 10.4. The molecule has 0 heterocycles. The molecule has 104 valence electrons. The van der Waals surface area contributed by atoms with Crippen LogP contribution in [0.5, 0.6) is 0 Å². The van der Waals surface area contributed by atoms with Crippen LogP contribution in [0.15, 0.2) is 47.4 Å². The number of carboxylic acids is 1. The van der Waals surface area contributed by atoms with Crippen LogP contribution in [0.1, 0.15) is 10.4 Å². The van der Waals surface area contributed by atoms with E-state index in [0.717, 1.165) is 0 Å². The Morgan fingerprint density at radius 2 is 1.80 bits per heavy atom. The molecule has 20 heavy (non-hydrogen) atoms. The Hall–Kier alpha value is -1.89. The average Bonchev–Trinajstić information content (AvgIpc) is 2.38. The van der Waals surface area contributed by atoms with Crippen molar-refractivity contribution in [1.82, 2.24) is 0 Å². The molecule has 0 aliphatic carbocycles. The highest BCUT2D eigenvalue weighted by Crippen LogP contribution is 2.29. The van der Waals surface area contributed by atoms with Crippen molar-refractivity contribution in [1.29, 1.82) is 0 Å². The van der Waals surface area contributed by atoms with Crippen LogP contribution in [-0.2, 0) is 10.0 Å². The van der Waals surface area contributed by atoms with Crippen LogP contribution in [0.2, 0.25) is 5.02 Å². The second kappa shape index (κ2) is 5.24. The van der Waals surface area contributed by atoms with Gasteiger partial charge in [-0.2, -0.15) is 0 Å². The van der Waals surface area contributed by atoms with Gasteiger partial charge in [-0.15, -0.1) is 0 Å². The second-order valence-corrected chi connectivity index (χ2v) is 5.98. The minimum absolute atomic E-state index is 0.0101. The number of hydrogen-bond acceptors (Lipinski definition) is 3. The van der Waals surface area contributed by atoms with Crippen molar-refractivity contribution in [2.75, 3.05) is 0 Å². The van der Waals surface area contributed by atoms with Gasteiger partial charge in [0.15, 0.2) is 0 Å². The first-order valence-electron chi connectivity index (χ1n) is 5.46. The molecular weight excluding hydrogens is 302 g/mol. The molecule has 0 fully saturated rings. The van der Waals surface area contributed by atoms with E-state index in [4.69, 9.17) is 21.8 Å². The molecule has 0 radical (unpaired) electrons. The minimum atomic E-state index is -3.98. The zero-order valence-electron chi connectivity index (χ0n) is 10.1. The molecule has 0 saturated carbocycles. The van der Waals surface area contributed by atoms with E-state index in [2.05, 4.69) is 0 Å².